The van der Waals surface area contributed by atoms with Crippen LogP contribution in [0, 0.1) is 6.92 Å². The summed E-state index contributed by atoms with van der Waals surface area (Å²) >= 11 is 0. The van der Waals surface area contributed by atoms with Gasteiger partial charge in [0.1, 0.15) is 0 Å². The Morgan fingerprint density at radius 2 is 2.16 bits per heavy atom. The van der Waals surface area contributed by atoms with E-state index in [0.29, 0.717) is 18.8 Å². The summed E-state index contributed by atoms with van der Waals surface area (Å²) in [4.78, 5) is 25.0. The van der Waals surface area contributed by atoms with Crippen LogP contribution in [-0.2, 0) is 7.05 Å². The van der Waals surface area contributed by atoms with Crippen LogP contribution in [0.25, 0.3) is 0 Å². The molecule has 19 heavy (non-hydrogen) atoms. The number of aliphatic hydroxyl groups is 1. The van der Waals surface area contributed by atoms with Crippen molar-refractivity contribution in [2.75, 3.05) is 25.0 Å². The highest BCUT2D eigenvalue weighted by Crippen LogP contribution is 2.11. The third-order valence-electron chi connectivity index (χ3n) is 2.83. The first-order chi connectivity index (χ1) is 8.99. The summed E-state index contributed by atoms with van der Waals surface area (Å²) in [5.74, 6) is 0. The van der Waals surface area contributed by atoms with E-state index >= 15 is 0 Å². The largest absolute Gasteiger partial charge is 0.395 e. The fourth-order valence-electron chi connectivity index (χ4n) is 1.75. The Bertz CT molecular complexity index is 490. The van der Waals surface area contributed by atoms with Gasteiger partial charge < -0.3 is 19.9 Å². The molecule has 1 aromatic heterocycles. The van der Waals surface area contributed by atoms with Crippen LogP contribution in [0.5, 0.6) is 0 Å². The molecule has 1 aromatic rings. The molecule has 0 atom stereocenters. The van der Waals surface area contributed by atoms with Crippen LogP contribution >= 0.6 is 0 Å². The van der Waals surface area contributed by atoms with Gasteiger partial charge in [-0.25, -0.2) is 4.79 Å². The minimum atomic E-state index is -0.266. The molecule has 0 saturated carbocycles. The second-order valence-electron chi connectivity index (χ2n) is 4.46. The maximum Gasteiger partial charge on any atom is 0.321 e. The Morgan fingerprint density at radius 3 is 2.74 bits per heavy atom. The Hall–Kier alpha value is -1.82. The van der Waals surface area contributed by atoms with Crippen LogP contribution in [-0.4, -0.2) is 40.3 Å². The van der Waals surface area contributed by atoms with Gasteiger partial charge in [0.15, 0.2) is 0 Å². The van der Waals surface area contributed by atoms with Gasteiger partial charge in [-0.15, -0.1) is 0 Å². The summed E-state index contributed by atoms with van der Waals surface area (Å²) in [7, 11) is 1.63. The molecule has 0 aliphatic carbocycles. The molecule has 0 radical (unpaired) electrons. The molecule has 0 fully saturated rings. The SMILES string of the molecule is CCCN(CCO)C(=O)Nc1cn(C)c(=O)cc1C. The van der Waals surface area contributed by atoms with E-state index < -0.39 is 0 Å². The van der Waals surface area contributed by atoms with Crippen molar-refractivity contribution in [1.29, 1.82) is 0 Å². The lowest BCUT2D eigenvalue weighted by molar-refractivity contribution is 0.188. The highest BCUT2D eigenvalue weighted by molar-refractivity contribution is 5.89. The van der Waals surface area contributed by atoms with E-state index in [4.69, 9.17) is 5.11 Å². The number of nitrogens with zero attached hydrogens (tertiary/aromatic N) is 2. The summed E-state index contributed by atoms with van der Waals surface area (Å²) in [6.07, 6.45) is 2.41. The number of carbonyl (C=O) groups is 1. The monoisotopic (exact) mass is 267 g/mol. The Kier molecular flexibility index (Phi) is 5.57. The van der Waals surface area contributed by atoms with Crippen molar-refractivity contribution in [3.8, 4) is 0 Å². The normalized spacial score (nSPS) is 10.3. The second kappa shape index (κ2) is 6.94. The first-order valence-corrected chi connectivity index (χ1v) is 6.33. The first-order valence-electron chi connectivity index (χ1n) is 6.33. The van der Waals surface area contributed by atoms with Crippen LogP contribution in [0.3, 0.4) is 0 Å². The zero-order valence-corrected chi connectivity index (χ0v) is 11.6. The fraction of sp³-hybridized carbons (Fsp3) is 0.538. The third kappa shape index (κ3) is 4.10. The summed E-state index contributed by atoms with van der Waals surface area (Å²) in [6.45, 7) is 4.55. The molecule has 106 valence electrons. The predicted molar refractivity (Wildman–Crippen MR) is 74.4 cm³/mol. The predicted octanol–water partition coefficient (Wildman–Crippen LogP) is 0.930. The number of aliphatic hydroxyl groups excluding tert-OH is 1. The quantitative estimate of drug-likeness (QED) is 0.833. The zero-order valence-electron chi connectivity index (χ0n) is 11.6. The first kappa shape index (κ1) is 15.2. The lowest BCUT2D eigenvalue weighted by Crippen LogP contribution is -2.38. The standard InChI is InChI=1S/C13H21N3O3/c1-4-5-16(6-7-17)13(19)14-11-9-15(3)12(18)8-10(11)2/h8-9,17H,4-7H2,1-3H3,(H,14,19). The molecular weight excluding hydrogens is 246 g/mol. The molecule has 0 saturated heterocycles. The van der Waals surface area contributed by atoms with E-state index in [1.807, 2.05) is 6.92 Å². The molecule has 0 aliphatic heterocycles. The van der Waals surface area contributed by atoms with E-state index in [2.05, 4.69) is 5.32 Å². The number of pyridine rings is 1. The van der Waals surface area contributed by atoms with Gasteiger partial charge >= 0.3 is 6.03 Å². The molecule has 2 amide bonds. The molecule has 1 rings (SSSR count). The average Bonchev–Trinajstić information content (AvgIpc) is 2.35. The number of carbonyl (C=O) groups excluding carboxylic acids is 1. The lowest BCUT2D eigenvalue weighted by atomic mass is 10.2. The van der Waals surface area contributed by atoms with Crippen molar-refractivity contribution in [3.05, 3.63) is 28.2 Å². The maximum atomic E-state index is 12.1. The van der Waals surface area contributed by atoms with Gasteiger partial charge in [-0.05, 0) is 18.9 Å². The smallest absolute Gasteiger partial charge is 0.321 e. The molecule has 6 nitrogen and oxygen atoms in total. The number of aryl methyl sites for hydroxylation is 2. The number of urea groups is 1. The van der Waals surface area contributed by atoms with Crippen molar-refractivity contribution < 1.29 is 9.90 Å². The van der Waals surface area contributed by atoms with Crippen molar-refractivity contribution >= 4 is 11.7 Å². The number of anilines is 1. The minimum Gasteiger partial charge on any atom is -0.395 e. The van der Waals surface area contributed by atoms with Crippen molar-refractivity contribution in [1.82, 2.24) is 9.47 Å². The van der Waals surface area contributed by atoms with Gasteiger partial charge in [-0.2, -0.15) is 0 Å². The van der Waals surface area contributed by atoms with Crippen LogP contribution in [0.1, 0.15) is 18.9 Å². The molecule has 0 unspecified atom stereocenters. The Morgan fingerprint density at radius 1 is 1.47 bits per heavy atom. The van der Waals surface area contributed by atoms with Crippen LogP contribution in [0.15, 0.2) is 17.1 Å². The maximum absolute atomic E-state index is 12.1. The van der Waals surface area contributed by atoms with Gasteiger partial charge in [0.25, 0.3) is 5.56 Å². The number of amides is 2. The molecular formula is C13H21N3O3. The van der Waals surface area contributed by atoms with Gasteiger partial charge in [0.05, 0.1) is 12.3 Å². The number of rotatable bonds is 5. The zero-order chi connectivity index (χ0) is 14.4. The van der Waals surface area contributed by atoms with Gasteiger partial charge in [0, 0.05) is 32.4 Å². The molecule has 6 heteroatoms. The van der Waals surface area contributed by atoms with Gasteiger partial charge in [-0.1, -0.05) is 6.92 Å². The summed E-state index contributed by atoms with van der Waals surface area (Å²) in [5.41, 5.74) is 1.21. The third-order valence-corrected chi connectivity index (χ3v) is 2.83. The molecule has 0 spiro atoms. The molecule has 2 N–H and O–H groups in total. The van der Waals surface area contributed by atoms with Crippen molar-refractivity contribution in [2.24, 2.45) is 7.05 Å². The summed E-state index contributed by atoms with van der Waals surface area (Å²) in [6, 6.07) is 1.21. The summed E-state index contributed by atoms with van der Waals surface area (Å²) < 4.78 is 1.42. The minimum absolute atomic E-state index is 0.0698. The fourth-order valence-corrected chi connectivity index (χ4v) is 1.75. The Labute approximate surface area is 112 Å². The molecule has 0 aliphatic rings. The highest BCUT2D eigenvalue weighted by Gasteiger charge is 2.13. The number of aromatic nitrogens is 1. The van der Waals surface area contributed by atoms with E-state index in [1.54, 1.807) is 25.1 Å². The van der Waals surface area contributed by atoms with Crippen molar-refractivity contribution in [3.63, 3.8) is 0 Å². The van der Waals surface area contributed by atoms with Gasteiger partial charge in [-0.3, -0.25) is 4.79 Å². The van der Waals surface area contributed by atoms with E-state index in [-0.39, 0.29) is 18.2 Å². The number of hydrogen-bond donors (Lipinski definition) is 2. The van der Waals surface area contributed by atoms with Crippen molar-refractivity contribution in [2.45, 2.75) is 20.3 Å². The Balaban J connectivity index is 2.86. The van der Waals surface area contributed by atoms with E-state index in [9.17, 15) is 9.59 Å². The van der Waals surface area contributed by atoms with Gasteiger partial charge in [0.2, 0.25) is 0 Å². The number of nitrogens with one attached hydrogen (secondary N) is 1. The number of hydrogen-bond acceptors (Lipinski definition) is 3. The highest BCUT2D eigenvalue weighted by atomic mass is 16.3. The van der Waals surface area contributed by atoms with E-state index in [1.165, 1.54) is 10.6 Å². The average molecular weight is 267 g/mol. The molecule has 0 aromatic carbocycles. The molecule has 0 bridgehead atoms. The van der Waals surface area contributed by atoms with Crippen LogP contribution in [0.2, 0.25) is 0 Å². The molecule has 1 heterocycles. The van der Waals surface area contributed by atoms with Crippen LogP contribution < -0.4 is 10.9 Å². The van der Waals surface area contributed by atoms with Crippen LogP contribution in [0.4, 0.5) is 10.5 Å². The lowest BCUT2D eigenvalue weighted by Gasteiger charge is -2.22. The topological polar surface area (TPSA) is 74.6 Å². The van der Waals surface area contributed by atoms with E-state index in [0.717, 1.165) is 12.0 Å². The second-order valence-corrected chi connectivity index (χ2v) is 4.46. The summed E-state index contributed by atoms with van der Waals surface area (Å²) in [5, 5.41) is 11.7.